The molecule has 2 aliphatic heterocycles. The van der Waals surface area contributed by atoms with Crippen molar-refractivity contribution >= 4 is 39.7 Å². The SMILES string of the molecule is COC(=O)[C@]1(c2ccccc2)N=CC(C#N)(C#N)[C@@]12C(=O)N(C)c1c(Br)cccc12. The first-order valence-electron chi connectivity index (χ1n) is 8.98. The Bertz CT molecular complexity index is 1180. The summed E-state index contributed by atoms with van der Waals surface area (Å²) in [5.74, 6) is -1.41. The van der Waals surface area contributed by atoms with Crippen LogP contribution in [0, 0.1) is 28.1 Å². The van der Waals surface area contributed by atoms with Gasteiger partial charge in [-0.1, -0.05) is 42.5 Å². The molecular formula is C22H15BrN4O3. The van der Waals surface area contributed by atoms with Crippen LogP contribution in [-0.4, -0.2) is 32.2 Å². The van der Waals surface area contributed by atoms with Gasteiger partial charge in [0.1, 0.15) is 0 Å². The summed E-state index contributed by atoms with van der Waals surface area (Å²) in [4.78, 5) is 33.2. The number of hydrogen-bond acceptors (Lipinski definition) is 6. The minimum absolute atomic E-state index is 0.357. The number of benzene rings is 2. The molecule has 7 nitrogen and oxygen atoms in total. The highest BCUT2D eigenvalue weighted by Crippen LogP contribution is 2.65. The number of nitriles is 2. The standard InChI is InChI=1S/C22H15BrN4O3/c1-27-17-15(9-6-10-16(17)23)21(18(27)28)20(11-24,12-25)13-26-22(21,19(29)30-2)14-7-4-3-5-8-14/h3-10,13H,1-2H3/t21-,22+/m1/s1. The van der Waals surface area contributed by atoms with E-state index in [-0.39, 0.29) is 0 Å². The van der Waals surface area contributed by atoms with Crippen molar-refractivity contribution < 1.29 is 14.3 Å². The molecule has 0 aromatic heterocycles. The molecule has 0 unspecified atom stereocenters. The van der Waals surface area contributed by atoms with Crippen molar-refractivity contribution in [2.45, 2.75) is 11.0 Å². The minimum atomic E-state index is -2.03. The lowest BCUT2D eigenvalue weighted by Crippen LogP contribution is -2.63. The van der Waals surface area contributed by atoms with Crippen LogP contribution >= 0.6 is 15.9 Å². The van der Waals surface area contributed by atoms with E-state index in [0.29, 0.717) is 21.3 Å². The van der Waals surface area contributed by atoms with Gasteiger partial charge in [0.25, 0.3) is 0 Å². The highest BCUT2D eigenvalue weighted by Gasteiger charge is 2.80. The summed E-state index contributed by atoms with van der Waals surface area (Å²) in [5.41, 5.74) is -4.76. The number of carbonyl (C=O) groups excluding carboxylic acids is 2. The highest BCUT2D eigenvalue weighted by molar-refractivity contribution is 9.10. The van der Waals surface area contributed by atoms with Gasteiger partial charge < -0.3 is 9.64 Å². The fourth-order valence-electron chi connectivity index (χ4n) is 4.72. The predicted molar refractivity (Wildman–Crippen MR) is 112 cm³/mol. The number of para-hydroxylation sites is 1. The van der Waals surface area contributed by atoms with Crippen LogP contribution in [0.25, 0.3) is 0 Å². The second-order valence-electron chi connectivity index (χ2n) is 7.11. The molecule has 8 heteroatoms. The Morgan fingerprint density at radius 2 is 1.80 bits per heavy atom. The Morgan fingerprint density at radius 1 is 1.13 bits per heavy atom. The van der Waals surface area contributed by atoms with Crippen molar-refractivity contribution in [2.24, 2.45) is 10.4 Å². The Labute approximate surface area is 181 Å². The van der Waals surface area contributed by atoms with Crippen molar-refractivity contribution in [2.75, 3.05) is 19.1 Å². The molecule has 2 heterocycles. The van der Waals surface area contributed by atoms with Crippen LogP contribution in [0.5, 0.6) is 0 Å². The van der Waals surface area contributed by atoms with Gasteiger partial charge in [0.15, 0.2) is 10.8 Å². The summed E-state index contributed by atoms with van der Waals surface area (Å²) in [6.07, 6.45) is 1.12. The first kappa shape index (κ1) is 19.8. The molecule has 0 radical (unpaired) electrons. The number of halogens is 1. The summed E-state index contributed by atoms with van der Waals surface area (Å²) in [6.45, 7) is 0. The Hall–Kier alpha value is -3.49. The molecule has 2 aromatic carbocycles. The second-order valence-corrected chi connectivity index (χ2v) is 7.96. The predicted octanol–water partition coefficient (Wildman–Crippen LogP) is 2.85. The van der Waals surface area contributed by atoms with E-state index in [0.717, 1.165) is 6.21 Å². The van der Waals surface area contributed by atoms with Crippen LogP contribution in [0.15, 0.2) is 58.0 Å². The second kappa shape index (κ2) is 6.51. The van der Waals surface area contributed by atoms with Crippen LogP contribution in [0.2, 0.25) is 0 Å². The zero-order valence-electron chi connectivity index (χ0n) is 16.1. The quantitative estimate of drug-likeness (QED) is 0.637. The van der Waals surface area contributed by atoms with Gasteiger partial charge >= 0.3 is 5.97 Å². The average molecular weight is 463 g/mol. The summed E-state index contributed by atoms with van der Waals surface area (Å²) in [5, 5.41) is 20.4. The van der Waals surface area contributed by atoms with Gasteiger partial charge in [-0.05, 0) is 33.1 Å². The first-order chi connectivity index (χ1) is 14.4. The maximum atomic E-state index is 14.0. The lowest BCUT2D eigenvalue weighted by molar-refractivity contribution is -0.154. The zero-order chi connectivity index (χ0) is 21.7. The molecule has 1 amide bonds. The number of fused-ring (bicyclic) bond motifs is 2. The maximum Gasteiger partial charge on any atom is 0.340 e. The molecule has 0 saturated carbocycles. The van der Waals surface area contributed by atoms with E-state index in [2.05, 4.69) is 20.9 Å². The molecule has 0 N–H and O–H groups in total. The van der Waals surface area contributed by atoms with Gasteiger partial charge in [-0.25, -0.2) is 4.79 Å². The number of anilines is 1. The van der Waals surface area contributed by atoms with Crippen LogP contribution in [0.3, 0.4) is 0 Å². The molecule has 2 aliphatic rings. The minimum Gasteiger partial charge on any atom is -0.467 e. The molecule has 2 atom stereocenters. The van der Waals surface area contributed by atoms with Gasteiger partial charge in [-0.2, -0.15) is 10.5 Å². The Balaban J connectivity index is 2.26. The van der Waals surface area contributed by atoms with E-state index < -0.39 is 28.2 Å². The Kier molecular flexibility index (Phi) is 4.30. The van der Waals surface area contributed by atoms with Crippen molar-refractivity contribution in [1.82, 2.24) is 0 Å². The number of nitrogens with zero attached hydrogens (tertiary/aromatic N) is 4. The lowest BCUT2D eigenvalue weighted by Gasteiger charge is -2.42. The summed E-state index contributed by atoms with van der Waals surface area (Å²) in [6, 6.07) is 17.5. The number of amides is 1. The summed E-state index contributed by atoms with van der Waals surface area (Å²) >= 11 is 3.46. The molecule has 4 rings (SSSR count). The zero-order valence-corrected chi connectivity index (χ0v) is 17.7. The normalized spacial score (nSPS) is 25.6. The molecule has 0 bridgehead atoms. The number of hydrogen-bond donors (Lipinski definition) is 0. The number of aliphatic imine (C=N–C) groups is 1. The monoisotopic (exact) mass is 462 g/mol. The molecule has 0 aliphatic carbocycles. The smallest absolute Gasteiger partial charge is 0.340 e. The van der Waals surface area contributed by atoms with Gasteiger partial charge in [-0.15, -0.1) is 0 Å². The third-order valence-corrected chi connectivity index (χ3v) is 6.60. The number of ether oxygens (including phenoxy) is 1. The van der Waals surface area contributed by atoms with Gasteiger partial charge in [0.05, 0.1) is 24.9 Å². The van der Waals surface area contributed by atoms with Crippen LogP contribution in [0.1, 0.15) is 11.1 Å². The number of rotatable bonds is 2. The number of esters is 1. The van der Waals surface area contributed by atoms with Crippen molar-refractivity contribution in [3.8, 4) is 12.1 Å². The van der Waals surface area contributed by atoms with Crippen LogP contribution < -0.4 is 4.90 Å². The molecule has 2 aromatic rings. The largest absolute Gasteiger partial charge is 0.467 e. The number of likely N-dealkylation sites (N-methyl/N-ethyl adjacent to an activating group) is 1. The third-order valence-electron chi connectivity index (χ3n) is 5.96. The third kappa shape index (κ3) is 1.94. The van der Waals surface area contributed by atoms with E-state index >= 15 is 0 Å². The van der Waals surface area contributed by atoms with Gasteiger partial charge in [-0.3, -0.25) is 9.79 Å². The molecular weight excluding hydrogens is 448 g/mol. The fourth-order valence-corrected chi connectivity index (χ4v) is 5.35. The number of carbonyl (C=O) groups is 2. The van der Waals surface area contributed by atoms with E-state index in [1.165, 1.54) is 12.0 Å². The van der Waals surface area contributed by atoms with Crippen molar-refractivity contribution in [3.63, 3.8) is 0 Å². The molecule has 0 saturated heterocycles. The topological polar surface area (TPSA) is 107 Å². The van der Waals surface area contributed by atoms with Gasteiger partial charge in [0.2, 0.25) is 11.4 Å². The number of methoxy groups -OCH3 is 1. The average Bonchev–Trinajstić information content (AvgIpc) is 3.22. The van der Waals surface area contributed by atoms with E-state index in [1.807, 2.05) is 12.1 Å². The highest BCUT2D eigenvalue weighted by atomic mass is 79.9. The van der Waals surface area contributed by atoms with Crippen LogP contribution in [0.4, 0.5) is 5.69 Å². The van der Waals surface area contributed by atoms with E-state index in [4.69, 9.17) is 4.74 Å². The maximum absolute atomic E-state index is 14.0. The summed E-state index contributed by atoms with van der Waals surface area (Å²) in [7, 11) is 2.74. The van der Waals surface area contributed by atoms with E-state index in [9.17, 15) is 20.1 Å². The molecule has 1 spiro atoms. The Morgan fingerprint density at radius 3 is 2.40 bits per heavy atom. The van der Waals surface area contributed by atoms with Crippen LogP contribution in [-0.2, 0) is 25.3 Å². The van der Waals surface area contributed by atoms with Crippen molar-refractivity contribution in [3.05, 3.63) is 64.1 Å². The van der Waals surface area contributed by atoms with Gasteiger partial charge in [0, 0.05) is 17.7 Å². The fraction of sp³-hybridized carbons (Fsp3) is 0.227. The molecule has 148 valence electrons. The molecule has 0 fully saturated rings. The lowest BCUT2D eigenvalue weighted by atomic mass is 9.53. The van der Waals surface area contributed by atoms with E-state index in [1.54, 1.807) is 55.6 Å². The van der Waals surface area contributed by atoms with Crippen molar-refractivity contribution in [1.29, 1.82) is 10.5 Å². The first-order valence-corrected chi connectivity index (χ1v) is 9.77. The molecule has 30 heavy (non-hydrogen) atoms. The summed E-state index contributed by atoms with van der Waals surface area (Å²) < 4.78 is 5.73.